The molecule has 8 heteroatoms. The topological polar surface area (TPSA) is 35.6 Å². The highest BCUT2D eigenvalue weighted by molar-refractivity contribution is 6.30. The number of likely N-dealkylation sites (tertiary alicyclic amines) is 2. The van der Waals surface area contributed by atoms with Gasteiger partial charge in [0.25, 0.3) is 0 Å². The number of amides is 2. The lowest BCUT2D eigenvalue weighted by Crippen LogP contribution is -2.73. The summed E-state index contributed by atoms with van der Waals surface area (Å²) in [6.45, 7) is 4.17. The molecule has 0 aliphatic carbocycles. The van der Waals surface area contributed by atoms with E-state index in [-0.39, 0.29) is 23.0 Å². The highest BCUT2D eigenvalue weighted by atomic mass is 35.5. The number of nitrogens with zero attached hydrogens (tertiary/aromatic N) is 2. The smallest absolute Gasteiger partial charge is 0.334 e. The van der Waals surface area contributed by atoms with E-state index in [4.69, 9.17) is 11.6 Å². The molecular weight excluding hydrogens is 403 g/mol. The lowest BCUT2D eigenvalue weighted by molar-refractivity contribution is -0.137. The van der Waals surface area contributed by atoms with Crippen LogP contribution < -0.4 is 5.32 Å². The summed E-state index contributed by atoms with van der Waals surface area (Å²) in [5.41, 5.74) is 0.943. The van der Waals surface area contributed by atoms with E-state index in [0.29, 0.717) is 18.7 Å². The molecule has 154 valence electrons. The van der Waals surface area contributed by atoms with Gasteiger partial charge in [-0.15, -0.1) is 0 Å². The second-order valence-electron chi connectivity index (χ2n) is 7.99. The molecule has 2 heterocycles. The molecule has 0 saturated carbocycles. The van der Waals surface area contributed by atoms with E-state index in [1.54, 1.807) is 4.90 Å². The number of alkyl halides is 3. The Bertz CT molecular complexity index is 890. The Morgan fingerprint density at radius 1 is 1.03 bits per heavy atom. The summed E-state index contributed by atoms with van der Waals surface area (Å²) in [7, 11) is 0. The average Bonchev–Trinajstić information content (AvgIpc) is 2.60. The Labute approximate surface area is 172 Å². The summed E-state index contributed by atoms with van der Waals surface area (Å²) >= 11 is 5.78. The van der Waals surface area contributed by atoms with Crippen molar-refractivity contribution in [3.05, 3.63) is 70.2 Å². The number of carbonyl (C=O) groups excluding carboxylic acids is 1. The molecule has 0 radical (unpaired) electrons. The van der Waals surface area contributed by atoms with Gasteiger partial charge in [-0.2, -0.15) is 13.2 Å². The van der Waals surface area contributed by atoms with E-state index in [1.807, 2.05) is 18.2 Å². The van der Waals surface area contributed by atoms with Gasteiger partial charge in [0.2, 0.25) is 0 Å². The van der Waals surface area contributed by atoms with Crippen LogP contribution in [0.2, 0.25) is 5.02 Å². The number of nitrogens with one attached hydrogen (secondary N) is 1. The SMILES string of the molecule is O=C(NCc1cc(Cl)cc(C(F)(F)F)c1)N1CC2(CN(Cc3ccccc3)C2)C1. The minimum Gasteiger partial charge on any atom is -0.334 e. The molecule has 1 N–H and O–H groups in total. The first-order valence-corrected chi connectivity index (χ1v) is 9.76. The van der Waals surface area contributed by atoms with Crippen LogP contribution in [0.15, 0.2) is 48.5 Å². The van der Waals surface area contributed by atoms with E-state index >= 15 is 0 Å². The normalized spacial score (nSPS) is 18.3. The summed E-state index contributed by atoms with van der Waals surface area (Å²) in [6, 6.07) is 13.3. The van der Waals surface area contributed by atoms with Crippen LogP contribution in [0.4, 0.5) is 18.0 Å². The highest BCUT2D eigenvalue weighted by Crippen LogP contribution is 2.40. The molecule has 0 atom stereocenters. The Morgan fingerprint density at radius 2 is 1.72 bits per heavy atom. The van der Waals surface area contributed by atoms with E-state index in [9.17, 15) is 18.0 Å². The average molecular weight is 424 g/mol. The van der Waals surface area contributed by atoms with Crippen LogP contribution in [-0.4, -0.2) is 42.0 Å². The van der Waals surface area contributed by atoms with Gasteiger partial charge in [-0.3, -0.25) is 4.90 Å². The Morgan fingerprint density at radius 3 is 2.38 bits per heavy atom. The lowest BCUT2D eigenvalue weighted by atomic mass is 9.73. The number of urea groups is 1. The number of hydrogen-bond donors (Lipinski definition) is 1. The molecule has 2 aromatic carbocycles. The molecule has 1 spiro atoms. The molecule has 2 aromatic rings. The van der Waals surface area contributed by atoms with Gasteiger partial charge in [-0.1, -0.05) is 41.9 Å². The fraction of sp³-hybridized carbons (Fsp3) is 0.381. The number of carbonyl (C=O) groups is 1. The predicted octanol–water partition coefficient (Wildman–Crippen LogP) is 4.39. The molecule has 4 rings (SSSR count). The van der Waals surface area contributed by atoms with E-state index in [1.165, 1.54) is 11.6 Å². The molecule has 29 heavy (non-hydrogen) atoms. The van der Waals surface area contributed by atoms with Crippen molar-refractivity contribution in [1.82, 2.24) is 15.1 Å². The maximum absolute atomic E-state index is 12.9. The summed E-state index contributed by atoms with van der Waals surface area (Å²) in [5, 5.41) is 2.69. The maximum Gasteiger partial charge on any atom is 0.416 e. The summed E-state index contributed by atoms with van der Waals surface area (Å²) in [6.07, 6.45) is -4.47. The van der Waals surface area contributed by atoms with Gasteiger partial charge in [0.1, 0.15) is 0 Å². The zero-order valence-electron chi connectivity index (χ0n) is 15.7. The van der Waals surface area contributed by atoms with Crippen molar-refractivity contribution < 1.29 is 18.0 Å². The third-order valence-electron chi connectivity index (χ3n) is 5.44. The van der Waals surface area contributed by atoms with Crippen LogP contribution in [0.3, 0.4) is 0 Å². The van der Waals surface area contributed by atoms with Crippen molar-refractivity contribution in [2.45, 2.75) is 19.3 Å². The van der Waals surface area contributed by atoms with Crippen molar-refractivity contribution in [2.75, 3.05) is 26.2 Å². The quantitative estimate of drug-likeness (QED) is 0.791. The van der Waals surface area contributed by atoms with Crippen LogP contribution in [0.25, 0.3) is 0 Å². The van der Waals surface area contributed by atoms with Gasteiger partial charge in [-0.25, -0.2) is 4.79 Å². The second kappa shape index (κ2) is 7.54. The van der Waals surface area contributed by atoms with Gasteiger partial charge < -0.3 is 10.2 Å². The molecule has 0 aromatic heterocycles. The zero-order valence-corrected chi connectivity index (χ0v) is 16.4. The Hall–Kier alpha value is -2.25. The molecule has 4 nitrogen and oxygen atoms in total. The highest BCUT2D eigenvalue weighted by Gasteiger charge is 2.52. The van der Waals surface area contributed by atoms with Crippen LogP contribution in [0.1, 0.15) is 16.7 Å². The van der Waals surface area contributed by atoms with Gasteiger partial charge in [0.05, 0.1) is 5.56 Å². The Balaban J connectivity index is 1.23. The molecule has 0 unspecified atom stereocenters. The monoisotopic (exact) mass is 423 g/mol. The summed E-state index contributed by atoms with van der Waals surface area (Å²) in [4.78, 5) is 16.4. The van der Waals surface area contributed by atoms with Crippen LogP contribution in [0.5, 0.6) is 0 Å². The standard InChI is InChI=1S/C21H21ClF3N3O/c22-18-7-16(6-17(8-18)21(23,24)25)9-26-19(29)28-13-20(14-28)11-27(12-20)10-15-4-2-1-3-5-15/h1-8H,9-14H2,(H,26,29). The first-order chi connectivity index (χ1) is 13.7. The summed E-state index contributed by atoms with van der Waals surface area (Å²) < 4.78 is 38.6. The third-order valence-corrected chi connectivity index (χ3v) is 5.65. The van der Waals surface area contributed by atoms with E-state index in [2.05, 4.69) is 22.3 Å². The molecular formula is C21H21ClF3N3O. The molecule has 0 bridgehead atoms. The van der Waals surface area contributed by atoms with Gasteiger partial charge in [0.15, 0.2) is 0 Å². The van der Waals surface area contributed by atoms with Crippen molar-refractivity contribution >= 4 is 17.6 Å². The number of halogens is 4. The fourth-order valence-corrected chi connectivity index (χ4v) is 4.43. The van der Waals surface area contributed by atoms with Crippen molar-refractivity contribution in [3.63, 3.8) is 0 Å². The van der Waals surface area contributed by atoms with Crippen molar-refractivity contribution in [1.29, 1.82) is 0 Å². The number of rotatable bonds is 4. The minimum absolute atomic E-state index is 0.0000438. The molecule has 2 amide bonds. The molecule has 2 aliphatic rings. The number of hydrogen-bond acceptors (Lipinski definition) is 2. The van der Waals surface area contributed by atoms with Crippen LogP contribution >= 0.6 is 11.6 Å². The summed E-state index contributed by atoms with van der Waals surface area (Å²) in [5.74, 6) is 0. The van der Waals surface area contributed by atoms with Crippen LogP contribution in [-0.2, 0) is 19.3 Å². The predicted molar refractivity (Wildman–Crippen MR) is 104 cm³/mol. The third kappa shape index (κ3) is 4.51. The Kier molecular flexibility index (Phi) is 5.21. The van der Waals surface area contributed by atoms with E-state index in [0.717, 1.165) is 31.8 Å². The first kappa shape index (κ1) is 20.0. The van der Waals surface area contributed by atoms with Gasteiger partial charge >= 0.3 is 12.2 Å². The molecule has 2 fully saturated rings. The van der Waals surface area contributed by atoms with Crippen molar-refractivity contribution in [3.8, 4) is 0 Å². The lowest BCUT2D eigenvalue weighted by Gasteiger charge is -2.60. The minimum atomic E-state index is -4.47. The number of benzene rings is 2. The zero-order chi connectivity index (χ0) is 20.6. The van der Waals surface area contributed by atoms with Crippen LogP contribution in [0, 0.1) is 5.41 Å². The fourth-order valence-electron chi connectivity index (χ4n) is 4.17. The first-order valence-electron chi connectivity index (χ1n) is 9.38. The largest absolute Gasteiger partial charge is 0.416 e. The molecule has 2 saturated heterocycles. The van der Waals surface area contributed by atoms with Gasteiger partial charge in [-0.05, 0) is 29.3 Å². The van der Waals surface area contributed by atoms with E-state index < -0.39 is 11.7 Å². The van der Waals surface area contributed by atoms with Gasteiger partial charge in [0, 0.05) is 49.7 Å². The molecule has 2 aliphatic heterocycles. The van der Waals surface area contributed by atoms with Crippen molar-refractivity contribution in [2.24, 2.45) is 5.41 Å². The second-order valence-corrected chi connectivity index (χ2v) is 8.43. The maximum atomic E-state index is 12.9.